The van der Waals surface area contributed by atoms with E-state index in [0.717, 1.165) is 6.54 Å². The van der Waals surface area contributed by atoms with Gasteiger partial charge in [0.2, 0.25) is 0 Å². The van der Waals surface area contributed by atoms with Crippen molar-refractivity contribution in [1.29, 1.82) is 0 Å². The summed E-state index contributed by atoms with van der Waals surface area (Å²) in [6.07, 6.45) is 2.28. The van der Waals surface area contributed by atoms with Crippen LogP contribution in [0.3, 0.4) is 0 Å². The SMILES string of the molecule is C=CCNCCC(=O)N[N+](C)(C)C. The molecular formula is C9H20N3O+. The highest BCUT2D eigenvalue weighted by atomic mass is 16.2. The lowest BCUT2D eigenvalue weighted by molar-refractivity contribution is -0.906. The topological polar surface area (TPSA) is 41.1 Å². The van der Waals surface area contributed by atoms with Gasteiger partial charge in [0.1, 0.15) is 0 Å². The highest BCUT2D eigenvalue weighted by Crippen LogP contribution is 1.84. The third-order valence-electron chi connectivity index (χ3n) is 1.28. The summed E-state index contributed by atoms with van der Waals surface area (Å²) in [6, 6.07) is 0. The van der Waals surface area contributed by atoms with Crippen molar-refractivity contribution in [3.63, 3.8) is 0 Å². The molecule has 0 bridgehead atoms. The molecule has 0 saturated heterocycles. The maximum absolute atomic E-state index is 11.2. The summed E-state index contributed by atoms with van der Waals surface area (Å²) in [4.78, 5) is 11.2. The minimum absolute atomic E-state index is 0.0593. The van der Waals surface area contributed by atoms with E-state index in [1.54, 1.807) is 6.08 Å². The number of carbonyl (C=O) groups excluding carboxylic acids is 1. The first-order valence-electron chi connectivity index (χ1n) is 4.40. The molecular weight excluding hydrogens is 166 g/mol. The van der Waals surface area contributed by atoms with Crippen LogP contribution < -0.4 is 10.7 Å². The van der Waals surface area contributed by atoms with Crippen molar-refractivity contribution in [2.24, 2.45) is 0 Å². The molecule has 0 fully saturated rings. The van der Waals surface area contributed by atoms with E-state index in [9.17, 15) is 4.79 Å². The summed E-state index contributed by atoms with van der Waals surface area (Å²) >= 11 is 0. The van der Waals surface area contributed by atoms with Crippen LogP contribution in [0.2, 0.25) is 0 Å². The maximum atomic E-state index is 11.2. The van der Waals surface area contributed by atoms with Gasteiger partial charge in [0.05, 0.1) is 21.1 Å². The number of quaternary nitrogens is 1. The van der Waals surface area contributed by atoms with Gasteiger partial charge in [-0.2, -0.15) is 0 Å². The van der Waals surface area contributed by atoms with Crippen molar-refractivity contribution in [3.05, 3.63) is 12.7 Å². The van der Waals surface area contributed by atoms with Crippen LogP contribution in [-0.4, -0.2) is 44.7 Å². The first-order chi connectivity index (χ1) is 5.95. The number of amides is 1. The minimum Gasteiger partial charge on any atom is -0.313 e. The van der Waals surface area contributed by atoms with Gasteiger partial charge in [0.15, 0.2) is 0 Å². The van der Waals surface area contributed by atoms with Crippen molar-refractivity contribution in [3.8, 4) is 0 Å². The predicted octanol–water partition coefficient (Wildman–Crippen LogP) is -0.110. The lowest BCUT2D eigenvalue weighted by atomic mass is 10.4. The van der Waals surface area contributed by atoms with Crippen LogP contribution in [0.1, 0.15) is 6.42 Å². The molecule has 0 spiro atoms. The highest BCUT2D eigenvalue weighted by Gasteiger charge is 2.10. The van der Waals surface area contributed by atoms with E-state index < -0.39 is 0 Å². The van der Waals surface area contributed by atoms with Gasteiger partial charge in [-0.05, 0) is 0 Å². The fourth-order valence-electron chi connectivity index (χ4n) is 0.836. The molecule has 2 N–H and O–H groups in total. The maximum Gasteiger partial charge on any atom is 0.266 e. The van der Waals surface area contributed by atoms with E-state index in [4.69, 9.17) is 0 Å². The molecule has 0 saturated carbocycles. The minimum atomic E-state index is 0.0593. The molecule has 0 aromatic heterocycles. The van der Waals surface area contributed by atoms with Crippen molar-refractivity contribution in [2.45, 2.75) is 6.42 Å². The van der Waals surface area contributed by atoms with E-state index in [0.29, 0.717) is 17.6 Å². The molecule has 4 heteroatoms. The Morgan fingerprint density at radius 2 is 2.08 bits per heavy atom. The van der Waals surface area contributed by atoms with Gasteiger partial charge in [0, 0.05) is 19.5 Å². The highest BCUT2D eigenvalue weighted by molar-refractivity contribution is 5.74. The Balaban J connectivity index is 3.47. The molecule has 0 aliphatic rings. The lowest BCUT2D eigenvalue weighted by Crippen LogP contribution is -2.51. The fourth-order valence-corrected chi connectivity index (χ4v) is 0.836. The summed E-state index contributed by atoms with van der Waals surface area (Å²) in [5.74, 6) is 0.0593. The van der Waals surface area contributed by atoms with Crippen molar-refractivity contribution >= 4 is 5.91 Å². The average Bonchev–Trinajstić information content (AvgIpc) is 1.94. The number of hydrogen-bond acceptors (Lipinski definition) is 2. The van der Waals surface area contributed by atoms with Crippen molar-refractivity contribution in [2.75, 3.05) is 34.2 Å². The molecule has 76 valence electrons. The zero-order chi connectivity index (χ0) is 10.3. The quantitative estimate of drug-likeness (QED) is 0.263. The number of nitrogens with one attached hydrogen (secondary N) is 2. The third-order valence-corrected chi connectivity index (χ3v) is 1.28. The predicted molar refractivity (Wildman–Crippen MR) is 53.9 cm³/mol. The summed E-state index contributed by atoms with van der Waals surface area (Å²) in [6.45, 7) is 5.01. The van der Waals surface area contributed by atoms with Crippen LogP contribution in [0.25, 0.3) is 0 Å². The third kappa shape index (κ3) is 9.04. The molecule has 0 aliphatic carbocycles. The lowest BCUT2D eigenvalue weighted by Gasteiger charge is -2.23. The van der Waals surface area contributed by atoms with Gasteiger partial charge >= 0.3 is 0 Å². The Hall–Kier alpha value is -0.870. The summed E-state index contributed by atoms with van der Waals surface area (Å²) in [7, 11) is 5.74. The second-order valence-corrected chi connectivity index (χ2v) is 3.79. The van der Waals surface area contributed by atoms with Gasteiger partial charge < -0.3 is 5.32 Å². The van der Waals surface area contributed by atoms with Crippen LogP contribution in [0, 0.1) is 0 Å². The average molecular weight is 186 g/mol. The number of carbonyl (C=O) groups is 1. The van der Waals surface area contributed by atoms with Gasteiger partial charge in [-0.15, -0.1) is 6.58 Å². The van der Waals surface area contributed by atoms with Crippen LogP contribution in [-0.2, 0) is 4.79 Å². The Kier molecular flexibility index (Phi) is 5.34. The van der Waals surface area contributed by atoms with E-state index in [1.807, 2.05) is 21.1 Å². The smallest absolute Gasteiger partial charge is 0.266 e. The van der Waals surface area contributed by atoms with Crippen LogP contribution in [0.4, 0.5) is 0 Å². The molecule has 0 radical (unpaired) electrons. The Bertz CT molecular complexity index is 172. The van der Waals surface area contributed by atoms with Crippen molar-refractivity contribution < 1.29 is 9.39 Å². The van der Waals surface area contributed by atoms with Gasteiger partial charge in [-0.3, -0.25) is 4.79 Å². The van der Waals surface area contributed by atoms with E-state index >= 15 is 0 Å². The zero-order valence-electron chi connectivity index (χ0n) is 8.76. The normalized spacial score (nSPS) is 11.0. The molecule has 0 aromatic carbocycles. The fraction of sp³-hybridized carbons (Fsp3) is 0.667. The largest absolute Gasteiger partial charge is 0.313 e. The van der Waals surface area contributed by atoms with E-state index in [1.165, 1.54) is 0 Å². The number of hydrogen-bond donors (Lipinski definition) is 2. The molecule has 0 heterocycles. The van der Waals surface area contributed by atoms with Gasteiger partial charge in [0.25, 0.3) is 5.91 Å². The standard InChI is InChI=1S/C9H19N3O/c1-5-7-10-8-6-9(13)11-12(2,3)4/h5,10H,1,6-8H2,2-4H3/p+1. The molecule has 13 heavy (non-hydrogen) atoms. The number of nitrogens with zero attached hydrogens (tertiary/aromatic N) is 1. The zero-order valence-corrected chi connectivity index (χ0v) is 8.76. The monoisotopic (exact) mass is 186 g/mol. The molecule has 4 nitrogen and oxygen atoms in total. The second-order valence-electron chi connectivity index (χ2n) is 3.79. The van der Waals surface area contributed by atoms with Gasteiger partial charge in [-0.25, -0.2) is 10.0 Å². The second kappa shape index (κ2) is 5.72. The Labute approximate surface area is 80.2 Å². The molecule has 0 atom stereocenters. The van der Waals surface area contributed by atoms with E-state index in [2.05, 4.69) is 17.3 Å². The van der Waals surface area contributed by atoms with Crippen molar-refractivity contribution in [1.82, 2.24) is 10.7 Å². The summed E-state index contributed by atoms with van der Waals surface area (Å²) < 4.78 is 0.459. The molecule has 0 rings (SSSR count). The van der Waals surface area contributed by atoms with E-state index in [-0.39, 0.29) is 5.91 Å². The molecule has 0 aliphatic heterocycles. The van der Waals surface area contributed by atoms with Gasteiger partial charge in [-0.1, -0.05) is 6.08 Å². The number of rotatable bonds is 6. The molecule has 0 aromatic rings. The first-order valence-corrected chi connectivity index (χ1v) is 4.40. The molecule has 1 amide bonds. The summed E-state index contributed by atoms with van der Waals surface area (Å²) in [5.41, 5.74) is 2.83. The Morgan fingerprint density at radius 1 is 1.46 bits per heavy atom. The molecule has 0 unspecified atom stereocenters. The van der Waals surface area contributed by atoms with Crippen LogP contribution in [0.5, 0.6) is 0 Å². The van der Waals surface area contributed by atoms with Crippen LogP contribution in [0.15, 0.2) is 12.7 Å². The first kappa shape index (κ1) is 12.1. The van der Waals surface area contributed by atoms with Crippen LogP contribution >= 0.6 is 0 Å². The summed E-state index contributed by atoms with van der Waals surface area (Å²) in [5, 5.41) is 3.07. The Morgan fingerprint density at radius 3 is 2.54 bits per heavy atom.